The maximum absolute atomic E-state index is 12.6. The van der Waals surface area contributed by atoms with Gasteiger partial charge in [0.2, 0.25) is 5.56 Å². The maximum atomic E-state index is 12.6. The Labute approximate surface area is 89.2 Å². The summed E-state index contributed by atoms with van der Waals surface area (Å²) in [6, 6.07) is 0.663. The minimum Gasteiger partial charge on any atom is -0.465 e. The molecule has 1 aromatic heterocycles. The fraction of sp³-hybridized carbons (Fsp3) is 0.333. The number of alkyl halides is 2. The quantitative estimate of drug-likeness (QED) is 0.745. The van der Waals surface area contributed by atoms with Crippen molar-refractivity contribution in [1.82, 2.24) is 4.98 Å². The van der Waals surface area contributed by atoms with Crippen molar-refractivity contribution in [2.24, 2.45) is 5.73 Å². The molecule has 0 atom stereocenters. The first-order chi connectivity index (χ1) is 7.51. The summed E-state index contributed by atoms with van der Waals surface area (Å²) in [5.74, 6) is -0.952. The smallest absolute Gasteiger partial charge is 0.340 e. The van der Waals surface area contributed by atoms with Crippen LogP contribution in [0.25, 0.3) is 0 Å². The molecule has 0 saturated heterocycles. The number of carbonyl (C=O) groups is 1. The van der Waals surface area contributed by atoms with Crippen LogP contribution in [0.4, 0.5) is 8.78 Å². The number of pyridine rings is 1. The molecule has 88 valence electrons. The predicted molar refractivity (Wildman–Crippen MR) is 51.3 cm³/mol. The second kappa shape index (κ2) is 4.84. The van der Waals surface area contributed by atoms with Crippen molar-refractivity contribution in [2.75, 3.05) is 7.11 Å². The van der Waals surface area contributed by atoms with Crippen molar-refractivity contribution in [1.29, 1.82) is 0 Å². The first kappa shape index (κ1) is 12.3. The summed E-state index contributed by atoms with van der Waals surface area (Å²) in [5, 5.41) is 0. The van der Waals surface area contributed by atoms with Gasteiger partial charge in [0.1, 0.15) is 0 Å². The highest BCUT2D eigenvalue weighted by molar-refractivity contribution is 5.92. The molecule has 3 N–H and O–H groups in total. The first-order valence-electron chi connectivity index (χ1n) is 4.33. The molecule has 0 amide bonds. The van der Waals surface area contributed by atoms with Gasteiger partial charge in [-0.15, -0.1) is 0 Å². The number of aromatic amines is 1. The highest BCUT2D eigenvalue weighted by Crippen LogP contribution is 2.23. The van der Waals surface area contributed by atoms with Crippen LogP contribution in [-0.4, -0.2) is 18.1 Å². The van der Waals surface area contributed by atoms with Gasteiger partial charge in [-0.25, -0.2) is 13.6 Å². The molecular weight excluding hydrogens is 222 g/mol. The van der Waals surface area contributed by atoms with Crippen LogP contribution in [0, 0.1) is 0 Å². The zero-order chi connectivity index (χ0) is 12.3. The van der Waals surface area contributed by atoms with Gasteiger partial charge >= 0.3 is 5.97 Å². The van der Waals surface area contributed by atoms with Crippen molar-refractivity contribution in [3.8, 4) is 0 Å². The van der Waals surface area contributed by atoms with Crippen LogP contribution in [0.1, 0.15) is 28.0 Å². The lowest BCUT2D eigenvalue weighted by Gasteiger charge is -2.10. The molecule has 5 nitrogen and oxygen atoms in total. The third-order valence-corrected chi connectivity index (χ3v) is 1.98. The fourth-order valence-corrected chi connectivity index (χ4v) is 1.30. The van der Waals surface area contributed by atoms with Crippen molar-refractivity contribution in [3.63, 3.8) is 0 Å². The first-order valence-corrected chi connectivity index (χ1v) is 4.33. The molecule has 0 spiro atoms. The van der Waals surface area contributed by atoms with Crippen LogP contribution in [0.3, 0.4) is 0 Å². The van der Waals surface area contributed by atoms with Gasteiger partial charge in [0.05, 0.1) is 12.7 Å². The van der Waals surface area contributed by atoms with Crippen molar-refractivity contribution < 1.29 is 18.3 Å². The number of esters is 1. The number of ether oxygens (including phenoxy) is 1. The average Bonchev–Trinajstić information content (AvgIpc) is 2.26. The fourth-order valence-electron chi connectivity index (χ4n) is 1.30. The minimum absolute atomic E-state index is 0.0605. The molecule has 7 heteroatoms. The molecule has 0 aliphatic heterocycles. The van der Waals surface area contributed by atoms with Gasteiger partial charge in [0.25, 0.3) is 6.43 Å². The Bertz CT molecular complexity index is 457. The van der Waals surface area contributed by atoms with E-state index in [9.17, 15) is 18.4 Å². The van der Waals surface area contributed by atoms with E-state index in [2.05, 4.69) is 9.72 Å². The van der Waals surface area contributed by atoms with Crippen molar-refractivity contribution in [3.05, 3.63) is 33.2 Å². The standard InChI is InChI=1S/C9H10F2N2O3/c1-16-9(15)7-4(8(10)11)2-6(14)13-5(7)3-12/h2,8H,3,12H2,1H3,(H,13,14). The summed E-state index contributed by atoms with van der Waals surface area (Å²) in [7, 11) is 1.06. The van der Waals surface area contributed by atoms with E-state index < -0.39 is 23.5 Å². The van der Waals surface area contributed by atoms with Gasteiger partial charge in [-0.3, -0.25) is 4.79 Å². The zero-order valence-electron chi connectivity index (χ0n) is 8.42. The number of hydrogen-bond donors (Lipinski definition) is 2. The van der Waals surface area contributed by atoms with Crippen LogP contribution in [0.5, 0.6) is 0 Å². The highest BCUT2D eigenvalue weighted by atomic mass is 19.3. The summed E-state index contributed by atoms with van der Waals surface area (Å²) >= 11 is 0. The highest BCUT2D eigenvalue weighted by Gasteiger charge is 2.23. The number of rotatable bonds is 3. The molecule has 1 rings (SSSR count). The second-order valence-corrected chi connectivity index (χ2v) is 2.94. The van der Waals surface area contributed by atoms with E-state index in [1.54, 1.807) is 0 Å². The molecule has 0 saturated carbocycles. The third-order valence-electron chi connectivity index (χ3n) is 1.98. The monoisotopic (exact) mass is 232 g/mol. The molecule has 0 fully saturated rings. The summed E-state index contributed by atoms with van der Waals surface area (Å²) in [6.45, 7) is -0.236. The van der Waals surface area contributed by atoms with Crippen LogP contribution >= 0.6 is 0 Å². The van der Waals surface area contributed by atoms with E-state index in [1.807, 2.05) is 0 Å². The Morgan fingerprint density at radius 2 is 2.25 bits per heavy atom. The Balaban J connectivity index is 3.51. The largest absolute Gasteiger partial charge is 0.465 e. The molecule has 1 heterocycles. The number of hydrogen-bond acceptors (Lipinski definition) is 4. The van der Waals surface area contributed by atoms with E-state index in [0.717, 1.165) is 7.11 Å². The van der Waals surface area contributed by atoms with Crippen LogP contribution in [-0.2, 0) is 11.3 Å². The Kier molecular flexibility index (Phi) is 3.73. The number of H-pyrrole nitrogens is 1. The lowest BCUT2D eigenvalue weighted by Crippen LogP contribution is -2.20. The second-order valence-electron chi connectivity index (χ2n) is 2.94. The summed E-state index contributed by atoms with van der Waals surface area (Å²) < 4.78 is 29.6. The molecule has 0 bridgehead atoms. The lowest BCUT2D eigenvalue weighted by molar-refractivity contribution is 0.0587. The van der Waals surface area contributed by atoms with Gasteiger partial charge in [-0.1, -0.05) is 0 Å². The average molecular weight is 232 g/mol. The molecule has 0 aliphatic rings. The number of methoxy groups -OCH3 is 1. The molecule has 16 heavy (non-hydrogen) atoms. The zero-order valence-corrected chi connectivity index (χ0v) is 8.42. The van der Waals surface area contributed by atoms with Gasteiger partial charge in [0, 0.05) is 23.9 Å². The summed E-state index contributed by atoms with van der Waals surface area (Å²) in [4.78, 5) is 24.6. The van der Waals surface area contributed by atoms with Gasteiger partial charge in [-0.2, -0.15) is 0 Å². The molecular formula is C9H10F2N2O3. The third kappa shape index (κ3) is 2.25. The van der Waals surface area contributed by atoms with Gasteiger partial charge in [0.15, 0.2) is 0 Å². The Morgan fingerprint density at radius 1 is 1.62 bits per heavy atom. The van der Waals surface area contributed by atoms with E-state index >= 15 is 0 Å². The van der Waals surface area contributed by atoms with Gasteiger partial charge in [-0.05, 0) is 0 Å². The van der Waals surface area contributed by atoms with Crippen LogP contribution < -0.4 is 11.3 Å². The molecule has 0 unspecified atom stereocenters. The van der Waals surface area contributed by atoms with E-state index in [1.165, 1.54) is 0 Å². The summed E-state index contributed by atoms with van der Waals surface area (Å²) in [6.07, 6.45) is -2.94. The van der Waals surface area contributed by atoms with Gasteiger partial charge < -0.3 is 15.5 Å². The number of halogens is 2. The molecule has 0 radical (unpaired) electrons. The van der Waals surface area contributed by atoms with E-state index in [-0.39, 0.29) is 17.8 Å². The van der Waals surface area contributed by atoms with Crippen LogP contribution in [0.15, 0.2) is 10.9 Å². The number of nitrogens with one attached hydrogen (secondary N) is 1. The van der Waals surface area contributed by atoms with E-state index in [4.69, 9.17) is 5.73 Å². The Morgan fingerprint density at radius 3 is 2.69 bits per heavy atom. The number of carbonyl (C=O) groups excluding carboxylic acids is 1. The van der Waals surface area contributed by atoms with Crippen molar-refractivity contribution >= 4 is 5.97 Å². The van der Waals surface area contributed by atoms with Crippen molar-refractivity contribution in [2.45, 2.75) is 13.0 Å². The number of nitrogens with two attached hydrogens (primary N) is 1. The predicted octanol–water partition coefficient (Wildman–Crippen LogP) is 0.558. The topological polar surface area (TPSA) is 85.2 Å². The Hall–Kier alpha value is -1.76. The normalized spacial score (nSPS) is 10.6. The number of aromatic nitrogens is 1. The van der Waals surface area contributed by atoms with E-state index in [0.29, 0.717) is 6.07 Å². The molecule has 1 aromatic rings. The lowest BCUT2D eigenvalue weighted by atomic mass is 10.1. The maximum Gasteiger partial charge on any atom is 0.340 e. The van der Waals surface area contributed by atoms with Crippen LogP contribution in [0.2, 0.25) is 0 Å². The molecule has 0 aromatic carbocycles. The molecule has 0 aliphatic carbocycles. The SMILES string of the molecule is COC(=O)c1c(C(F)F)cc(=O)[nH]c1CN. The summed E-state index contributed by atoms with van der Waals surface area (Å²) in [5.41, 5.74) is 3.42. The minimum atomic E-state index is -2.94.